The second-order valence-electron chi connectivity index (χ2n) is 7.53. The van der Waals surface area contributed by atoms with Crippen molar-refractivity contribution in [3.63, 3.8) is 0 Å². The summed E-state index contributed by atoms with van der Waals surface area (Å²) in [5.74, 6) is -3.93. The molecule has 2 amide bonds. The van der Waals surface area contributed by atoms with Gasteiger partial charge < -0.3 is 36.4 Å². The van der Waals surface area contributed by atoms with Gasteiger partial charge in [0.2, 0.25) is 11.8 Å². The van der Waals surface area contributed by atoms with Crippen molar-refractivity contribution in [3.05, 3.63) is 11.3 Å². The Morgan fingerprint density at radius 3 is 2.38 bits per heavy atom. The Balaban J connectivity index is 2.41. The minimum atomic E-state index is -1.70. The number of hydrogen-bond acceptors (Lipinski definition) is 8. The molecule has 0 aromatic heterocycles. The van der Waals surface area contributed by atoms with Crippen LogP contribution in [0.2, 0.25) is 0 Å². The van der Waals surface area contributed by atoms with Crippen LogP contribution in [0.5, 0.6) is 0 Å². The normalized spacial score (nSPS) is 34.2. The summed E-state index contributed by atoms with van der Waals surface area (Å²) in [6, 6.07) is -3.10. The number of nitrogens with two attached hydrogens (primary N) is 1. The molecule has 0 saturated carbocycles. The highest BCUT2D eigenvalue weighted by atomic mass is 35.5. The summed E-state index contributed by atoms with van der Waals surface area (Å²) in [4.78, 5) is 35.6. The molecule has 0 aromatic rings. The van der Waals surface area contributed by atoms with Crippen LogP contribution in [0.1, 0.15) is 27.2 Å². The highest BCUT2D eigenvalue weighted by Gasteiger charge is 2.59. The highest BCUT2D eigenvalue weighted by molar-refractivity contribution is 6.45. The largest absolute Gasteiger partial charge is 0.512 e. The van der Waals surface area contributed by atoms with Crippen LogP contribution in [0.15, 0.2) is 11.3 Å². The van der Waals surface area contributed by atoms with Crippen LogP contribution < -0.4 is 16.4 Å². The molecule has 2 aliphatic rings. The molecule has 0 spiro atoms. The average molecular weight is 454 g/mol. The molecule has 164 valence electrons. The van der Waals surface area contributed by atoms with E-state index in [9.17, 15) is 29.7 Å². The lowest BCUT2D eigenvalue weighted by molar-refractivity contribution is -0.173. The van der Waals surface area contributed by atoms with E-state index in [4.69, 9.17) is 33.7 Å². The topological polar surface area (TPSA) is 171 Å². The third-order valence-corrected chi connectivity index (χ3v) is 6.08. The van der Waals surface area contributed by atoms with Crippen molar-refractivity contribution < 1.29 is 34.4 Å². The maximum absolute atomic E-state index is 12.7. The number of hydrogen-bond donors (Lipinski definition) is 6. The first kappa shape index (κ1) is 23.7. The molecule has 12 heteroatoms. The Hall–Kier alpha value is -1.59. The summed E-state index contributed by atoms with van der Waals surface area (Å²) in [6.07, 6.45) is -3.26. The molecular formula is C17H25Cl2N3O7. The second-order valence-corrected chi connectivity index (χ2v) is 8.62. The Bertz CT molecular complexity index is 730. The Morgan fingerprint density at radius 2 is 1.86 bits per heavy atom. The number of aliphatic hydroxyl groups is 3. The van der Waals surface area contributed by atoms with Crippen LogP contribution in [0.3, 0.4) is 0 Å². The number of fused-ring (bicyclic) bond motifs is 1. The van der Waals surface area contributed by atoms with Crippen molar-refractivity contribution in [3.8, 4) is 0 Å². The fourth-order valence-corrected chi connectivity index (χ4v) is 3.79. The van der Waals surface area contributed by atoms with Crippen LogP contribution in [-0.4, -0.2) is 73.9 Å². The van der Waals surface area contributed by atoms with E-state index >= 15 is 0 Å². The van der Waals surface area contributed by atoms with Gasteiger partial charge in [0.1, 0.15) is 16.6 Å². The maximum Gasteiger partial charge on any atom is 0.338 e. The molecule has 1 aliphatic carbocycles. The van der Waals surface area contributed by atoms with Gasteiger partial charge in [-0.2, -0.15) is 0 Å². The zero-order valence-electron chi connectivity index (χ0n) is 16.1. The van der Waals surface area contributed by atoms with Crippen LogP contribution in [0.4, 0.5) is 0 Å². The van der Waals surface area contributed by atoms with Gasteiger partial charge in [-0.15, -0.1) is 23.2 Å². The summed E-state index contributed by atoms with van der Waals surface area (Å²) < 4.78 is 5.34. The number of carbonyl (C=O) groups is 3. The number of nitrogens with one attached hydrogen (secondary N) is 2. The number of amides is 2. The van der Waals surface area contributed by atoms with Crippen molar-refractivity contribution in [2.45, 2.75) is 68.0 Å². The number of rotatable bonds is 5. The number of ether oxygens (including phenoxy) is 1. The lowest BCUT2D eigenvalue weighted by atomic mass is 9.71. The molecule has 7 N–H and O–H groups in total. The van der Waals surface area contributed by atoms with Gasteiger partial charge in [-0.1, -0.05) is 0 Å². The molecule has 7 atom stereocenters. The zero-order chi connectivity index (χ0) is 22.3. The van der Waals surface area contributed by atoms with Crippen LogP contribution >= 0.6 is 23.2 Å². The first-order chi connectivity index (χ1) is 13.3. The second kappa shape index (κ2) is 8.65. The van der Waals surface area contributed by atoms with E-state index in [-0.39, 0.29) is 12.0 Å². The van der Waals surface area contributed by atoms with Crippen molar-refractivity contribution in [2.24, 2.45) is 11.7 Å². The minimum Gasteiger partial charge on any atom is -0.512 e. The fourth-order valence-electron chi connectivity index (χ4n) is 3.43. The third-order valence-electron chi connectivity index (χ3n) is 5.21. The molecule has 1 heterocycles. The van der Waals surface area contributed by atoms with E-state index in [0.29, 0.717) is 0 Å². The van der Waals surface area contributed by atoms with E-state index in [0.717, 1.165) is 0 Å². The molecule has 0 radical (unpaired) electrons. The van der Waals surface area contributed by atoms with E-state index in [1.165, 1.54) is 20.8 Å². The number of carbonyl (C=O) groups excluding carboxylic acids is 3. The summed E-state index contributed by atoms with van der Waals surface area (Å²) in [7, 11) is 0. The van der Waals surface area contributed by atoms with E-state index in [1.807, 2.05) is 0 Å². The molecule has 10 nitrogen and oxygen atoms in total. The number of esters is 1. The van der Waals surface area contributed by atoms with Gasteiger partial charge in [0, 0.05) is 12.3 Å². The molecule has 2 rings (SSSR count). The standard InChI is InChI=1S/C17H25Cl2N3O7/c1-5(20)13(26)21-6(2)14(27)22-12-10-9(7(23)4-8(24)11(10)25)15(28)29-17(12,3)16(18)19/h5-6,8,10-12,16,23-25H,4,20H2,1-3H3,(H,21,26)(H,22,27). The van der Waals surface area contributed by atoms with Crippen molar-refractivity contribution in [2.75, 3.05) is 0 Å². The van der Waals surface area contributed by atoms with Crippen LogP contribution in [0, 0.1) is 5.92 Å². The molecule has 0 bridgehead atoms. The zero-order valence-corrected chi connectivity index (χ0v) is 17.6. The summed E-state index contributed by atoms with van der Waals surface area (Å²) in [5, 5.41) is 35.8. The van der Waals surface area contributed by atoms with Crippen LogP contribution in [0.25, 0.3) is 0 Å². The van der Waals surface area contributed by atoms with E-state index < -0.39 is 70.2 Å². The predicted molar refractivity (Wildman–Crippen MR) is 103 cm³/mol. The molecule has 0 aromatic carbocycles. The summed E-state index contributed by atoms with van der Waals surface area (Å²) >= 11 is 12.1. The number of alkyl halides is 2. The number of aliphatic hydroxyl groups excluding tert-OH is 3. The highest BCUT2D eigenvalue weighted by Crippen LogP contribution is 2.44. The minimum absolute atomic E-state index is 0.271. The Labute approximate surface area is 177 Å². The van der Waals surface area contributed by atoms with Crippen molar-refractivity contribution >= 4 is 41.0 Å². The monoisotopic (exact) mass is 453 g/mol. The summed E-state index contributed by atoms with van der Waals surface area (Å²) in [5.41, 5.74) is 3.50. The summed E-state index contributed by atoms with van der Waals surface area (Å²) in [6.45, 7) is 4.21. The first-order valence-corrected chi connectivity index (χ1v) is 9.84. The van der Waals surface area contributed by atoms with Crippen molar-refractivity contribution in [1.82, 2.24) is 10.6 Å². The lowest BCUT2D eigenvalue weighted by Gasteiger charge is -2.50. The predicted octanol–water partition coefficient (Wildman–Crippen LogP) is -1.00. The molecule has 1 fully saturated rings. The molecular weight excluding hydrogens is 429 g/mol. The van der Waals surface area contributed by atoms with Gasteiger partial charge in [0.25, 0.3) is 0 Å². The number of halogens is 2. The van der Waals surface area contributed by atoms with Gasteiger partial charge in [0.15, 0.2) is 5.60 Å². The van der Waals surface area contributed by atoms with E-state index in [1.54, 1.807) is 0 Å². The van der Waals surface area contributed by atoms with Gasteiger partial charge in [0.05, 0.1) is 29.9 Å². The first-order valence-electron chi connectivity index (χ1n) is 8.97. The van der Waals surface area contributed by atoms with Gasteiger partial charge in [-0.05, 0) is 20.8 Å². The fraction of sp³-hybridized carbons (Fsp3) is 0.706. The van der Waals surface area contributed by atoms with Gasteiger partial charge >= 0.3 is 5.97 Å². The number of cyclic esters (lactones) is 1. The Kier molecular flexibility index (Phi) is 7.06. The van der Waals surface area contributed by atoms with Crippen molar-refractivity contribution in [1.29, 1.82) is 0 Å². The lowest BCUT2D eigenvalue weighted by Crippen LogP contribution is -2.69. The third kappa shape index (κ3) is 4.46. The SMILES string of the molecule is CC(N)C(=O)NC(C)C(=O)NC1C2C(=C(O)CC(O)C2O)C(=O)OC1(C)C(Cl)Cl. The smallest absolute Gasteiger partial charge is 0.338 e. The molecule has 29 heavy (non-hydrogen) atoms. The Morgan fingerprint density at radius 1 is 1.28 bits per heavy atom. The molecule has 1 aliphatic heterocycles. The van der Waals surface area contributed by atoms with Gasteiger partial charge in [-0.3, -0.25) is 9.59 Å². The molecule has 7 unspecified atom stereocenters. The quantitative estimate of drug-likeness (QED) is 0.227. The maximum atomic E-state index is 12.7. The average Bonchev–Trinajstić information content (AvgIpc) is 2.61. The van der Waals surface area contributed by atoms with Gasteiger partial charge in [-0.25, -0.2) is 4.79 Å². The van der Waals surface area contributed by atoms with Crippen LogP contribution in [-0.2, 0) is 19.1 Å². The molecule has 1 saturated heterocycles. The van der Waals surface area contributed by atoms with E-state index in [2.05, 4.69) is 10.6 Å².